The van der Waals surface area contributed by atoms with Crippen LogP contribution < -0.4 is 5.32 Å². The normalized spacial score (nSPS) is 14.1. The van der Waals surface area contributed by atoms with E-state index in [0.717, 1.165) is 6.26 Å². The van der Waals surface area contributed by atoms with Crippen LogP contribution in [-0.4, -0.2) is 46.7 Å². The van der Waals surface area contributed by atoms with Crippen LogP contribution in [-0.2, 0) is 31.7 Å². The second-order valence-electron chi connectivity index (χ2n) is 6.61. The van der Waals surface area contributed by atoms with Crippen molar-refractivity contribution in [2.45, 2.75) is 44.5 Å². The van der Waals surface area contributed by atoms with Gasteiger partial charge in [0.25, 0.3) is 0 Å². The first-order valence-corrected chi connectivity index (χ1v) is 10.3. The number of aromatic nitrogens is 2. The number of hydrogen-bond acceptors (Lipinski definition) is 5. The Bertz CT molecular complexity index is 935. The Morgan fingerprint density at radius 3 is 2.54 bits per heavy atom. The summed E-state index contributed by atoms with van der Waals surface area (Å²) in [4.78, 5) is 28.3. The monoisotopic (exact) mass is 381 g/mol. The van der Waals surface area contributed by atoms with Crippen LogP contribution in [0, 0.1) is 0 Å². The van der Waals surface area contributed by atoms with E-state index in [2.05, 4.69) is 10.3 Å². The van der Waals surface area contributed by atoms with E-state index in [1.165, 1.54) is 11.5 Å². The lowest BCUT2D eigenvalue weighted by Crippen LogP contribution is -2.53. The first-order chi connectivity index (χ1) is 12.1. The molecular weight excluding hydrogens is 358 g/mol. The zero-order chi connectivity index (χ0) is 19.5. The van der Waals surface area contributed by atoms with Crippen molar-refractivity contribution in [1.29, 1.82) is 0 Å². The van der Waals surface area contributed by atoms with Gasteiger partial charge in [-0.3, -0.25) is 4.79 Å². The minimum atomic E-state index is -3.35. The number of aliphatic carboxylic acids is 1. The molecule has 1 aromatic heterocycles. The molecule has 0 aliphatic heterocycles. The molecule has 26 heavy (non-hydrogen) atoms. The van der Waals surface area contributed by atoms with Crippen molar-refractivity contribution in [2.24, 2.45) is 0 Å². The van der Waals surface area contributed by atoms with E-state index in [1.54, 1.807) is 24.3 Å². The lowest BCUT2D eigenvalue weighted by Gasteiger charge is -2.26. The number of nitrogens with one attached hydrogen (secondary N) is 1. The zero-order valence-electron chi connectivity index (χ0n) is 15.0. The summed E-state index contributed by atoms with van der Waals surface area (Å²) in [5.74, 6) is -1.68. The molecule has 0 radical (unpaired) electrons. The Morgan fingerprint density at radius 1 is 1.31 bits per heavy atom. The number of fused-ring (bicyclic) bond motifs is 1. The average molecular weight is 381 g/mol. The van der Waals surface area contributed by atoms with Gasteiger partial charge in [-0.25, -0.2) is 18.2 Å². The number of para-hydroxylation sites is 2. The quantitative estimate of drug-likeness (QED) is 0.712. The van der Waals surface area contributed by atoms with Crippen LogP contribution >= 0.6 is 0 Å². The van der Waals surface area contributed by atoms with Gasteiger partial charge in [0.15, 0.2) is 9.84 Å². The van der Waals surface area contributed by atoms with Crippen LogP contribution in [0.25, 0.3) is 11.0 Å². The third-order valence-corrected chi connectivity index (χ3v) is 4.85. The number of amides is 1. The summed E-state index contributed by atoms with van der Waals surface area (Å²) >= 11 is 0. The molecule has 2 rings (SSSR count). The van der Waals surface area contributed by atoms with Crippen LogP contribution in [0.4, 0.5) is 0 Å². The van der Waals surface area contributed by atoms with Gasteiger partial charge in [0, 0.05) is 6.26 Å². The second kappa shape index (κ2) is 7.45. The van der Waals surface area contributed by atoms with E-state index in [1.807, 2.05) is 6.92 Å². The molecule has 2 N–H and O–H groups in total. The molecule has 9 heteroatoms. The highest BCUT2D eigenvalue weighted by Crippen LogP contribution is 2.18. The first kappa shape index (κ1) is 19.9. The summed E-state index contributed by atoms with van der Waals surface area (Å²) in [5.41, 5.74) is -0.179. The molecule has 0 spiro atoms. The van der Waals surface area contributed by atoms with Crippen molar-refractivity contribution in [3.63, 3.8) is 0 Å². The number of rotatable bonds is 8. The molecule has 142 valence electrons. The van der Waals surface area contributed by atoms with Crippen molar-refractivity contribution in [3.8, 4) is 0 Å². The number of carboxylic acids is 1. The molecule has 1 atom stereocenters. The average Bonchev–Trinajstić information content (AvgIpc) is 2.83. The van der Waals surface area contributed by atoms with Crippen molar-refractivity contribution in [1.82, 2.24) is 14.9 Å². The standard InChI is InChI=1S/C17H23N3O5S/c1-4-9-17(2,16(22)23)19-15(21)10-20-13-8-6-5-7-12(13)18-14(20)11-26(3,24)25/h5-8H,4,9-11H2,1-3H3,(H,19,21)(H,22,23). The van der Waals surface area contributed by atoms with Crippen molar-refractivity contribution in [3.05, 3.63) is 30.1 Å². The maximum Gasteiger partial charge on any atom is 0.329 e. The number of nitrogens with zero attached hydrogens (tertiary/aromatic N) is 2. The van der Waals surface area contributed by atoms with E-state index in [-0.39, 0.29) is 24.5 Å². The Kier molecular flexibility index (Phi) is 5.70. The zero-order valence-corrected chi connectivity index (χ0v) is 15.8. The largest absolute Gasteiger partial charge is 0.480 e. The van der Waals surface area contributed by atoms with E-state index >= 15 is 0 Å². The fraction of sp³-hybridized carbons (Fsp3) is 0.471. The van der Waals surface area contributed by atoms with Gasteiger partial charge in [0.1, 0.15) is 23.7 Å². The van der Waals surface area contributed by atoms with Gasteiger partial charge in [0.2, 0.25) is 5.91 Å². The molecule has 1 aromatic carbocycles. The van der Waals surface area contributed by atoms with E-state index < -0.39 is 27.3 Å². The van der Waals surface area contributed by atoms with Gasteiger partial charge in [-0.1, -0.05) is 25.5 Å². The summed E-state index contributed by atoms with van der Waals surface area (Å²) in [5, 5.41) is 12.0. The van der Waals surface area contributed by atoms with Crippen LogP contribution in [0.15, 0.2) is 24.3 Å². The molecule has 0 fully saturated rings. The number of hydrogen-bond donors (Lipinski definition) is 2. The molecule has 1 heterocycles. The second-order valence-corrected chi connectivity index (χ2v) is 8.75. The predicted molar refractivity (Wildman–Crippen MR) is 97.4 cm³/mol. The van der Waals surface area contributed by atoms with Gasteiger partial charge < -0.3 is 15.0 Å². The molecule has 0 saturated carbocycles. The maximum absolute atomic E-state index is 12.5. The highest BCUT2D eigenvalue weighted by molar-refractivity contribution is 7.89. The minimum Gasteiger partial charge on any atom is -0.480 e. The minimum absolute atomic E-state index is 0.210. The molecule has 0 saturated heterocycles. The smallest absolute Gasteiger partial charge is 0.329 e. The number of benzene rings is 1. The van der Waals surface area contributed by atoms with Gasteiger partial charge in [-0.15, -0.1) is 0 Å². The molecule has 2 aromatic rings. The Balaban J connectivity index is 2.35. The molecule has 0 aliphatic carbocycles. The molecule has 8 nitrogen and oxygen atoms in total. The topological polar surface area (TPSA) is 118 Å². The van der Waals surface area contributed by atoms with Crippen molar-refractivity contribution >= 4 is 32.7 Å². The fourth-order valence-electron chi connectivity index (χ4n) is 2.86. The van der Waals surface area contributed by atoms with Crippen molar-refractivity contribution in [2.75, 3.05) is 6.26 Å². The number of imidazole rings is 1. The van der Waals surface area contributed by atoms with E-state index in [4.69, 9.17) is 0 Å². The third-order valence-electron chi connectivity index (χ3n) is 4.06. The first-order valence-electron chi connectivity index (χ1n) is 8.22. The maximum atomic E-state index is 12.5. The lowest BCUT2D eigenvalue weighted by atomic mass is 9.96. The Hall–Kier alpha value is -2.42. The summed E-state index contributed by atoms with van der Waals surface area (Å²) in [7, 11) is -3.35. The molecule has 1 amide bonds. The lowest BCUT2D eigenvalue weighted by molar-refractivity contribution is -0.147. The number of carboxylic acid groups (broad SMARTS) is 1. The predicted octanol–water partition coefficient (Wildman–Crippen LogP) is 1.34. The van der Waals surface area contributed by atoms with Gasteiger partial charge in [-0.05, 0) is 25.5 Å². The number of sulfone groups is 1. The summed E-state index contributed by atoms with van der Waals surface area (Å²) in [6.45, 7) is 3.08. The van der Waals surface area contributed by atoms with Gasteiger partial charge >= 0.3 is 5.97 Å². The summed E-state index contributed by atoms with van der Waals surface area (Å²) in [6, 6.07) is 7.01. The van der Waals surface area contributed by atoms with Gasteiger partial charge in [-0.2, -0.15) is 0 Å². The highest BCUT2D eigenvalue weighted by Gasteiger charge is 2.34. The fourth-order valence-corrected chi connectivity index (χ4v) is 3.55. The van der Waals surface area contributed by atoms with Crippen LogP contribution in [0.3, 0.4) is 0 Å². The summed E-state index contributed by atoms with van der Waals surface area (Å²) < 4.78 is 24.9. The van der Waals surface area contributed by atoms with Crippen LogP contribution in [0.5, 0.6) is 0 Å². The highest BCUT2D eigenvalue weighted by atomic mass is 32.2. The number of carbonyl (C=O) groups is 2. The molecule has 1 unspecified atom stereocenters. The van der Waals surface area contributed by atoms with E-state index in [9.17, 15) is 23.1 Å². The van der Waals surface area contributed by atoms with Gasteiger partial charge in [0.05, 0.1) is 11.0 Å². The Morgan fingerprint density at radius 2 is 1.96 bits per heavy atom. The third kappa shape index (κ3) is 4.60. The molecule has 0 bridgehead atoms. The van der Waals surface area contributed by atoms with Crippen molar-refractivity contribution < 1.29 is 23.1 Å². The number of carbonyl (C=O) groups excluding carboxylic acids is 1. The molecule has 0 aliphatic rings. The SMILES string of the molecule is CCCC(C)(NC(=O)Cn1c(CS(C)(=O)=O)nc2ccccc21)C(=O)O. The van der Waals surface area contributed by atoms with Crippen LogP contribution in [0.2, 0.25) is 0 Å². The van der Waals surface area contributed by atoms with Crippen LogP contribution in [0.1, 0.15) is 32.5 Å². The van der Waals surface area contributed by atoms with E-state index in [0.29, 0.717) is 17.5 Å². The Labute approximate surface area is 152 Å². The molecular formula is C17H23N3O5S. The summed E-state index contributed by atoms with van der Waals surface area (Å²) in [6.07, 6.45) is 1.98.